The molecule has 1 aliphatic rings. The Morgan fingerprint density at radius 1 is 1.03 bits per heavy atom. The molecule has 2 aromatic heterocycles. The second kappa shape index (κ2) is 8.80. The first-order chi connectivity index (χ1) is 15.7. The van der Waals surface area contributed by atoms with Gasteiger partial charge in [0, 0.05) is 18.0 Å². The van der Waals surface area contributed by atoms with Crippen molar-refractivity contribution in [1.82, 2.24) is 19.9 Å². The van der Waals surface area contributed by atoms with Crippen molar-refractivity contribution >= 4 is 17.5 Å². The van der Waals surface area contributed by atoms with Crippen molar-refractivity contribution in [3.8, 4) is 17.0 Å². The molecular weight excluding hydrogens is 402 g/mol. The molecule has 1 amide bonds. The first kappa shape index (κ1) is 20.2. The fourth-order valence-corrected chi connectivity index (χ4v) is 3.58. The van der Waals surface area contributed by atoms with Crippen LogP contribution in [-0.4, -0.2) is 27.6 Å². The number of carbonyl (C=O) groups is 1. The van der Waals surface area contributed by atoms with Crippen LogP contribution >= 0.6 is 0 Å². The number of hydrogen-bond donors (Lipinski definition) is 2. The van der Waals surface area contributed by atoms with E-state index in [0.29, 0.717) is 18.2 Å². The molecule has 1 saturated carbocycles. The Kier molecular flexibility index (Phi) is 5.56. The highest BCUT2D eigenvalue weighted by molar-refractivity contribution is 5.92. The van der Waals surface area contributed by atoms with E-state index in [-0.39, 0.29) is 11.8 Å². The smallest absolute Gasteiger partial charge is 0.249 e. The van der Waals surface area contributed by atoms with Gasteiger partial charge in [0.05, 0.1) is 5.69 Å². The van der Waals surface area contributed by atoms with E-state index in [1.54, 1.807) is 4.52 Å². The predicted molar refractivity (Wildman–Crippen MR) is 123 cm³/mol. The van der Waals surface area contributed by atoms with Crippen LogP contribution in [-0.2, 0) is 17.9 Å². The predicted octanol–water partition coefficient (Wildman–Crippen LogP) is 4.04. The molecule has 2 N–H and O–H groups in total. The summed E-state index contributed by atoms with van der Waals surface area (Å²) in [4.78, 5) is 16.5. The number of benzene rings is 2. The van der Waals surface area contributed by atoms with Crippen molar-refractivity contribution in [2.24, 2.45) is 5.92 Å². The molecule has 1 fully saturated rings. The lowest BCUT2D eigenvalue weighted by Crippen LogP contribution is -2.14. The standard InChI is InChI=1S/C25H25N5O2/c1-26-15-17-7-13-21(14-8-17)32-16-18-5-9-19(10-6-18)22-3-2-4-23-27-25(29-30(22)23)28-24(31)20-11-12-20/h2-10,13-14,20,26H,11-12,15-16H2,1H3,(H,28,29,31). The zero-order chi connectivity index (χ0) is 21.9. The molecule has 0 saturated heterocycles. The molecule has 7 heteroatoms. The van der Waals surface area contributed by atoms with E-state index in [1.807, 2.05) is 49.5 Å². The summed E-state index contributed by atoms with van der Waals surface area (Å²) in [5.74, 6) is 1.31. The van der Waals surface area contributed by atoms with Crippen molar-refractivity contribution in [1.29, 1.82) is 0 Å². The van der Waals surface area contributed by atoms with E-state index < -0.39 is 0 Å². The number of nitrogens with one attached hydrogen (secondary N) is 2. The van der Waals surface area contributed by atoms with Gasteiger partial charge in [0.2, 0.25) is 11.9 Å². The van der Waals surface area contributed by atoms with Gasteiger partial charge in [0.1, 0.15) is 12.4 Å². The van der Waals surface area contributed by atoms with E-state index in [1.165, 1.54) is 5.56 Å². The molecule has 0 spiro atoms. The Morgan fingerprint density at radius 2 is 1.78 bits per heavy atom. The first-order valence-electron chi connectivity index (χ1n) is 10.8. The topological polar surface area (TPSA) is 80.5 Å². The number of ether oxygens (including phenoxy) is 1. The Labute approximate surface area is 186 Å². The average Bonchev–Trinajstić information content (AvgIpc) is 3.59. The number of hydrogen-bond acceptors (Lipinski definition) is 5. The number of pyridine rings is 1. The second-order valence-electron chi connectivity index (χ2n) is 8.04. The normalized spacial score (nSPS) is 13.3. The van der Waals surface area contributed by atoms with Gasteiger partial charge >= 0.3 is 0 Å². The van der Waals surface area contributed by atoms with Crippen molar-refractivity contribution in [2.45, 2.75) is 26.0 Å². The van der Waals surface area contributed by atoms with E-state index in [4.69, 9.17) is 4.74 Å². The highest BCUT2D eigenvalue weighted by Gasteiger charge is 2.30. The summed E-state index contributed by atoms with van der Waals surface area (Å²) in [6, 6.07) is 22.1. The van der Waals surface area contributed by atoms with Gasteiger partial charge in [0.15, 0.2) is 5.65 Å². The van der Waals surface area contributed by atoms with E-state index in [9.17, 15) is 4.79 Å². The molecule has 0 atom stereocenters. The highest BCUT2D eigenvalue weighted by Crippen LogP contribution is 2.30. The van der Waals surface area contributed by atoms with Crippen molar-refractivity contribution in [3.63, 3.8) is 0 Å². The maximum Gasteiger partial charge on any atom is 0.249 e. The Bertz CT molecular complexity index is 1230. The van der Waals surface area contributed by atoms with Gasteiger partial charge in [-0.2, -0.15) is 4.98 Å². The Morgan fingerprint density at radius 3 is 2.50 bits per heavy atom. The number of aromatic nitrogens is 3. The summed E-state index contributed by atoms with van der Waals surface area (Å²) >= 11 is 0. The molecule has 4 aromatic rings. The lowest BCUT2D eigenvalue weighted by atomic mass is 10.1. The van der Waals surface area contributed by atoms with Crippen LogP contribution in [0.2, 0.25) is 0 Å². The van der Waals surface area contributed by atoms with Crippen molar-refractivity contribution in [3.05, 3.63) is 77.9 Å². The summed E-state index contributed by atoms with van der Waals surface area (Å²) in [5.41, 5.74) is 4.93. The minimum atomic E-state index is 0.00322. The molecule has 162 valence electrons. The SMILES string of the molecule is CNCc1ccc(OCc2ccc(-c3cccc4nc(NC(=O)C5CC5)nn34)cc2)cc1. The molecule has 5 rings (SSSR count). The van der Waals surface area contributed by atoms with Gasteiger partial charge in [0.25, 0.3) is 0 Å². The number of carbonyl (C=O) groups excluding carboxylic acids is 1. The van der Waals surface area contributed by atoms with Crippen LogP contribution in [0.3, 0.4) is 0 Å². The fraction of sp³-hybridized carbons (Fsp3) is 0.240. The summed E-state index contributed by atoms with van der Waals surface area (Å²) in [7, 11) is 1.93. The quantitative estimate of drug-likeness (QED) is 0.444. The van der Waals surface area contributed by atoms with E-state index in [2.05, 4.69) is 45.0 Å². The monoisotopic (exact) mass is 427 g/mol. The molecule has 0 aliphatic heterocycles. The molecular formula is C25H25N5O2. The van der Waals surface area contributed by atoms with Crippen LogP contribution in [0.1, 0.15) is 24.0 Å². The summed E-state index contributed by atoms with van der Waals surface area (Å²) in [5, 5.41) is 10.5. The third-order valence-electron chi connectivity index (χ3n) is 5.50. The Balaban J connectivity index is 1.28. The van der Waals surface area contributed by atoms with Gasteiger partial charge in [-0.25, -0.2) is 4.52 Å². The third-order valence-corrected chi connectivity index (χ3v) is 5.50. The summed E-state index contributed by atoms with van der Waals surface area (Å²) in [6.45, 7) is 1.34. The van der Waals surface area contributed by atoms with E-state index >= 15 is 0 Å². The largest absolute Gasteiger partial charge is 0.489 e. The maximum absolute atomic E-state index is 12.0. The summed E-state index contributed by atoms with van der Waals surface area (Å²) in [6.07, 6.45) is 1.89. The lowest BCUT2D eigenvalue weighted by Gasteiger charge is -2.09. The summed E-state index contributed by atoms with van der Waals surface area (Å²) < 4.78 is 7.68. The molecule has 0 unspecified atom stereocenters. The highest BCUT2D eigenvalue weighted by atomic mass is 16.5. The van der Waals surface area contributed by atoms with Crippen molar-refractivity contribution in [2.75, 3.05) is 12.4 Å². The van der Waals surface area contributed by atoms with Crippen LogP contribution in [0.25, 0.3) is 16.9 Å². The van der Waals surface area contributed by atoms with Gasteiger partial charge < -0.3 is 10.1 Å². The molecule has 0 bridgehead atoms. The average molecular weight is 428 g/mol. The van der Waals surface area contributed by atoms with Crippen LogP contribution in [0, 0.1) is 5.92 Å². The molecule has 2 aromatic carbocycles. The fourth-order valence-electron chi connectivity index (χ4n) is 3.58. The Hall–Kier alpha value is -3.71. The maximum atomic E-state index is 12.0. The minimum absolute atomic E-state index is 0.00322. The van der Waals surface area contributed by atoms with Gasteiger partial charge in [-0.05, 0) is 55.3 Å². The lowest BCUT2D eigenvalue weighted by molar-refractivity contribution is -0.117. The molecule has 7 nitrogen and oxygen atoms in total. The van der Waals surface area contributed by atoms with Gasteiger partial charge in [-0.1, -0.05) is 42.5 Å². The second-order valence-corrected chi connectivity index (χ2v) is 8.04. The number of fused-ring (bicyclic) bond motifs is 1. The molecule has 1 aliphatic carbocycles. The number of anilines is 1. The zero-order valence-corrected chi connectivity index (χ0v) is 17.9. The number of nitrogens with zero attached hydrogens (tertiary/aromatic N) is 3. The van der Waals surface area contributed by atoms with Gasteiger partial charge in [-0.15, -0.1) is 5.10 Å². The van der Waals surface area contributed by atoms with Crippen LogP contribution in [0.4, 0.5) is 5.95 Å². The van der Waals surface area contributed by atoms with E-state index in [0.717, 1.165) is 42.0 Å². The molecule has 2 heterocycles. The number of rotatable bonds is 8. The zero-order valence-electron chi connectivity index (χ0n) is 17.9. The molecule has 32 heavy (non-hydrogen) atoms. The van der Waals surface area contributed by atoms with Crippen molar-refractivity contribution < 1.29 is 9.53 Å². The molecule has 0 radical (unpaired) electrons. The first-order valence-corrected chi connectivity index (χ1v) is 10.8. The third kappa shape index (κ3) is 4.48. The van der Waals surface area contributed by atoms with Crippen LogP contribution in [0.5, 0.6) is 5.75 Å². The van der Waals surface area contributed by atoms with Crippen LogP contribution in [0.15, 0.2) is 66.7 Å². The van der Waals surface area contributed by atoms with Gasteiger partial charge in [-0.3, -0.25) is 10.1 Å². The minimum Gasteiger partial charge on any atom is -0.489 e. The van der Waals surface area contributed by atoms with Crippen LogP contribution < -0.4 is 15.4 Å². The number of amides is 1.